The van der Waals surface area contributed by atoms with Crippen molar-refractivity contribution in [3.8, 4) is 0 Å². The highest BCUT2D eigenvalue weighted by molar-refractivity contribution is 5.82. The van der Waals surface area contributed by atoms with Gasteiger partial charge in [-0.2, -0.15) is 0 Å². The Bertz CT molecular complexity index is 569. The lowest BCUT2D eigenvalue weighted by Gasteiger charge is -2.44. The van der Waals surface area contributed by atoms with Crippen LogP contribution >= 0.6 is 0 Å². The first kappa shape index (κ1) is 23.0. The van der Waals surface area contributed by atoms with Crippen LogP contribution < -0.4 is 5.32 Å². The number of carbonyl (C=O) groups is 2. The van der Waals surface area contributed by atoms with Crippen molar-refractivity contribution >= 4 is 18.3 Å². The van der Waals surface area contributed by atoms with Gasteiger partial charge in [0.05, 0.1) is 13.3 Å². The second kappa shape index (κ2) is 9.73. The molecule has 0 saturated carbocycles. The standard InChI is InChI=1S/C19H34N4O4/c1-13(2)16(21-14(3)11-20-7)22-9-10-23(15(12-22)17(24)26-8)18(25)27-19(4,5)6/h11,13,15-16,21H,3,9-10,12H2,1-2,4-8H3/b20-11-/t15-,16?/m1/s1. The van der Waals surface area contributed by atoms with Gasteiger partial charge in [-0.05, 0) is 26.7 Å². The zero-order chi connectivity index (χ0) is 20.8. The molecule has 0 radical (unpaired) electrons. The Morgan fingerprint density at radius 3 is 2.41 bits per heavy atom. The van der Waals surface area contributed by atoms with E-state index in [2.05, 4.69) is 35.6 Å². The molecule has 1 unspecified atom stereocenters. The van der Waals surface area contributed by atoms with Gasteiger partial charge in [-0.1, -0.05) is 20.4 Å². The number of allylic oxidation sites excluding steroid dienone is 1. The van der Waals surface area contributed by atoms with E-state index in [1.807, 2.05) is 0 Å². The van der Waals surface area contributed by atoms with Gasteiger partial charge in [0.25, 0.3) is 0 Å². The molecule has 0 aromatic rings. The Kier molecular flexibility index (Phi) is 8.27. The molecule has 2 atom stereocenters. The number of nitrogens with one attached hydrogen (secondary N) is 1. The summed E-state index contributed by atoms with van der Waals surface area (Å²) in [5, 5.41) is 3.34. The fourth-order valence-corrected chi connectivity index (χ4v) is 3.00. The molecule has 0 aromatic carbocycles. The van der Waals surface area contributed by atoms with Crippen LogP contribution in [0.25, 0.3) is 0 Å². The van der Waals surface area contributed by atoms with Gasteiger partial charge in [0.2, 0.25) is 0 Å². The van der Waals surface area contributed by atoms with Crippen LogP contribution in [0.3, 0.4) is 0 Å². The molecule has 154 valence electrons. The fourth-order valence-electron chi connectivity index (χ4n) is 3.00. The zero-order valence-corrected chi connectivity index (χ0v) is 17.6. The predicted molar refractivity (Wildman–Crippen MR) is 106 cm³/mol. The second-order valence-corrected chi connectivity index (χ2v) is 7.95. The topological polar surface area (TPSA) is 83.5 Å². The van der Waals surface area contributed by atoms with Crippen molar-refractivity contribution in [2.24, 2.45) is 10.9 Å². The third-order valence-electron chi connectivity index (χ3n) is 4.16. The summed E-state index contributed by atoms with van der Waals surface area (Å²) in [6, 6.07) is -0.727. The molecule has 1 aliphatic rings. The number of aliphatic imine (C=N–C) groups is 1. The number of piperazine rings is 1. The van der Waals surface area contributed by atoms with Gasteiger partial charge in [-0.3, -0.25) is 14.8 Å². The minimum atomic E-state index is -0.727. The maximum absolute atomic E-state index is 12.5. The highest BCUT2D eigenvalue weighted by Crippen LogP contribution is 2.20. The second-order valence-electron chi connectivity index (χ2n) is 7.95. The van der Waals surface area contributed by atoms with E-state index in [-0.39, 0.29) is 12.1 Å². The number of hydrogen-bond donors (Lipinski definition) is 1. The summed E-state index contributed by atoms with van der Waals surface area (Å²) in [7, 11) is 3.01. The van der Waals surface area contributed by atoms with Gasteiger partial charge < -0.3 is 14.8 Å². The summed E-state index contributed by atoms with van der Waals surface area (Å²) in [5.41, 5.74) is 0.0640. The van der Waals surface area contributed by atoms with Crippen LogP contribution in [0, 0.1) is 5.92 Å². The number of hydrogen-bond acceptors (Lipinski definition) is 7. The zero-order valence-electron chi connectivity index (χ0n) is 17.6. The maximum Gasteiger partial charge on any atom is 0.411 e. The number of amides is 1. The van der Waals surface area contributed by atoms with Crippen molar-refractivity contribution < 1.29 is 19.1 Å². The van der Waals surface area contributed by atoms with E-state index in [0.717, 1.165) is 0 Å². The smallest absolute Gasteiger partial charge is 0.411 e. The molecule has 8 nitrogen and oxygen atoms in total. The third kappa shape index (κ3) is 6.86. The summed E-state index contributed by atoms with van der Waals surface area (Å²) < 4.78 is 10.4. The van der Waals surface area contributed by atoms with Crippen LogP contribution in [0.15, 0.2) is 17.3 Å². The molecule has 1 N–H and O–H groups in total. The van der Waals surface area contributed by atoms with E-state index in [0.29, 0.717) is 25.3 Å². The average Bonchev–Trinajstić information content (AvgIpc) is 2.57. The van der Waals surface area contributed by atoms with E-state index < -0.39 is 23.7 Å². The molecule has 0 aliphatic carbocycles. The number of ether oxygens (including phenoxy) is 2. The van der Waals surface area contributed by atoms with Crippen molar-refractivity contribution in [2.75, 3.05) is 33.8 Å². The lowest BCUT2D eigenvalue weighted by Crippen LogP contribution is -2.63. The van der Waals surface area contributed by atoms with Crippen LogP contribution in [0.1, 0.15) is 34.6 Å². The summed E-state index contributed by atoms with van der Waals surface area (Å²) >= 11 is 0. The largest absolute Gasteiger partial charge is 0.467 e. The van der Waals surface area contributed by atoms with E-state index in [4.69, 9.17) is 9.47 Å². The van der Waals surface area contributed by atoms with Crippen LogP contribution in [0.5, 0.6) is 0 Å². The van der Waals surface area contributed by atoms with Gasteiger partial charge in [0.1, 0.15) is 11.6 Å². The number of nitrogens with zero attached hydrogens (tertiary/aromatic N) is 3. The monoisotopic (exact) mass is 382 g/mol. The quantitative estimate of drug-likeness (QED) is 0.558. The van der Waals surface area contributed by atoms with Crippen LogP contribution in [0.4, 0.5) is 4.79 Å². The van der Waals surface area contributed by atoms with Gasteiger partial charge in [-0.15, -0.1) is 0 Å². The first-order chi connectivity index (χ1) is 12.5. The molecule has 1 aliphatic heterocycles. The Morgan fingerprint density at radius 2 is 1.93 bits per heavy atom. The maximum atomic E-state index is 12.5. The molecule has 1 heterocycles. The van der Waals surface area contributed by atoms with Crippen molar-refractivity contribution in [2.45, 2.75) is 52.4 Å². The predicted octanol–water partition coefficient (Wildman–Crippen LogP) is 1.87. The molecule has 1 fully saturated rings. The molecule has 27 heavy (non-hydrogen) atoms. The van der Waals surface area contributed by atoms with Crippen molar-refractivity contribution in [3.63, 3.8) is 0 Å². The number of methoxy groups -OCH3 is 1. The molecule has 8 heteroatoms. The van der Waals surface area contributed by atoms with Gasteiger partial charge in [0, 0.05) is 38.6 Å². The summed E-state index contributed by atoms with van der Waals surface area (Å²) in [4.78, 5) is 32.4. The minimum Gasteiger partial charge on any atom is -0.467 e. The first-order valence-corrected chi connectivity index (χ1v) is 9.19. The Labute approximate surface area is 162 Å². The lowest BCUT2D eigenvalue weighted by molar-refractivity contribution is -0.150. The molecule has 1 amide bonds. The molecule has 0 bridgehead atoms. The number of rotatable bonds is 6. The molecule has 0 aromatic heterocycles. The average molecular weight is 383 g/mol. The lowest BCUT2D eigenvalue weighted by atomic mass is 10.1. The highest BCUT2D eigenvalue weighted by atomic mass is 16.6. The molecular formula is C19H34N4O4. The molecule has 1 saturated heterocycles. The molecular weight excluding hydrogens is 348 g/mol. The van der Waals surface area contributed by atoms with E-state index >= 15 is 0 Å². The molecule has 1 rings (SSSR count). The van der Waals surface area contributed by atoms with Crippen molar-refractivity contribution in [1.82, 2.24) is 15.1 Å². The van der Waals surface area contributed by atoms with E-state index in [1.54, 1.807) is 34.0 Å². The Hall–Kier alpha value is -2.09. The van der Waals surface area contributed by atoms with E-state index in [9.17, 15) is 9.59 Å². The van der Waals surface area contributed by atoms with E-state index in [1.165, 1.54) is 12.0 Å². The summed E-state index contributed by atoms with van der Waals surface area (Å²) in [5.74, 6) is -0.208. The van der Waals surface area contributed by atoms with Gasteiger partial charge >= 0.3 is 12.1 Å². The SMILES string of the molecule is C=C(/C=N\C)NC(C(C)C)N1CCN(C(=O)OC(C)(C)C)[C@@H](C(=O)OC)C1. The highest BCUT2D eigenvalue weighted by Gasteiger charge is 2.40. The molecule has 0 spiro atoms. The van der Waals surface area contributed by atoms with Gasteiger partial charge in [-0.25, -0.2) is 9.59 Å². The van der Waals surface area contributed by atoms with Gasteiger partial charge in [0.15, 0.2) is 0 Å². The Balaban J connectivity index is 2.98. The fraction of sp³-hybridized carbons (Fsp3) is 0.737. The van der Waals surface area contributed by atoms with Crippen molar-refractivity contribution in [1.29, 1.82) is 0 Å². The van der Waals surface area contributed by atoms with Crippen LogP contribution in [-0.2, 0) is 14.3 Å². The van der Waals surface area contributed by atoms with Crippen LogP contribution in [0.2, 0.25) is 0 Å². The number of esters is 1. The van der Waals surface area contributed by atoms with Crippen molar-refractivity contribution in [3.05, 3.63) is 12.3 Å². The summed E-state index contributed by atoms with van der Waals surface area (Å²) in [6.07, 6.45) is 1.10. The minimum absolute atomic E-state index is 0.0524. The Morgan fingerprint density at radius 1 is 1.30 bits per heavy atom. The summed E-state index contributed by atoms with van der Waals surface area (Å²) in [6.45, 7) is 14.8. The normalized spacial score (nSPS) is 19.9. The third-order valence-corrected chi connectivity index (χ3v) is 4.16. The number of carbonyl (C=O) groups excluding carboxylic acids is 2. The first-order valence-electron chi connectivity index (χ1n) is 9.19. The van der Waals surface area contributed by atoms with Crippen LogP contribution in [-0.4, -0.2) is 79.7 Å².